The van der Waals surface area contributed by atoms with E-state index < -0.39 is 0 Å². The Bertz CT molecular complexity index is 656. The van der Waals surface area contributed by atoms with Crippen molar-refractivity contribution >= 4 is 11.9 Å². The first-order valence-electron chi connectivity index (χ1n) is 10.6. The summed E-state index contributed by atoms with van der Waals surface area (Å²) in [7, 11) is 0. The fraction of sp³-hybridized carbons (Fsp3) is 0.636. The zero-order valence-corrected chi connectivity index (χ0v) is 16.4. The van der Waals surface area contributed by atoms with Crippen molar-refractivity contribution in [1.82, 2.24) is 16.0 Å². The summed E-state index contributed by atoms with van der Waals surface area (Å²) in [6.07, 6.45) is 7.75. The van der Waals surface area contributed by atoms with Gasteiger partial charge in [-0.2, -0.15) is 0 Å². The molecule has 0 radical (unpaired) electrons. The molecule has 1 aromatic carbocycles. The van der Waals surface area contributed by atoms with Crippen LogP contribution in [0, 0.1) is 17.8 Å². The molecular weight excluding hydrogens is 354 g/mol. The largest absolute Gasteiger partial charge is 0.492 e. The average Bonchev–Trinajstić information content (AvgIpc) is 2.64. The van der Waals surface area contributed by atoms with Crippen LogP contribution in [0.2, 0.25) is 0 Å². The molecule has 6 nitrogen and oxygen atoms in total. The molecule has 0 saturated heterocycles. The van der Waals surface area contributed by atoms with Crippen LogP contribution >= 0.6 is 0 Å². The molecule has 4 aliphatic rings. The molecular formula is C22H31N3O3. The maximum atomic E-state index is 12.4. The van der Waals surface area contributed by atoms with Crippen molar-refractivity contribution < 1.29 is 14.3 Å². The molecule has 4 fully saturated rings. The quantitative estimate of drug-likeness (QED) is 0.602. The molecule has 6 heteroatoms. The lowest BCUT2D eigenvalue weighted by Crippen LogP contribution is -2.61. The highest BCUT2D eigenvalue weighted by Crippen LogP contribution is 2.55. The van der Waals surface area contributed by atoms with Crippen LogP contribution in [0.3, 0.4) is 0 Å². The van der Waals surface area contributed by atoms with E-state index in [1.165, 1.54) is 19.3 Å². The fourth-order valence-electron chi connectivity index (χ4n) is 5.80. The summed E-state index contributed by atoms with van der Waals surface area (Å²) < 4.78 is 5.54. The van der Waals surface area contributed by atoms with E-state index in [1.54, 1.807) is 0 Å². The molecule has 0 unspecified atom stereocenters. The fourth-order valence-corrected chi connectivity index (χ4v) is 5.80. The molecule has 4 aliphatic carbocycles. The Balaban J connectivity index is 1.10. The van der Waals surface area contributed by atoms with E-state index in [2.05, 4.69) is 16.0 Å². The first-order chi connectivity index (χ1) is 13.6. The molecule has 1 aromatic rings. The Morgan fingerprint density at radius 1 is 0.929 bits per heavy atom. The number of ether oxygens (including phenoxy) is 1. The third-order valence-electron chi connectivity index (χ3n) is 6.49. The molecule has 0 aromatic heterocycles. The zero-order valence-electron chi connectivity index (χ0n) is 16.4. The van der Waals surface area contributed by atoms with Gasteiger partial charge in [-0.25, -0.2) is 4.79 Å². The Kier molecular flexibility index (Phi) is 5.74. The number of hydrogen-bond donors (Lipinski definition) is 3. The first-order valence-corrected chi connectivity index (χ1v) is 10.6. The molecule has 4 bridgehead atoms. The van der Waals surface area contributed by atoms with E-state index in [0.29, 0.717) is 19.7 Å². The lowest BCUT2D eigenvalue weighted by atomic mass is 9.53. The molecule has 5 rings (SSSR count). The SMILES string of the molecule is O=C(CCNC(=O)NC12CC3CC(CC(C3)C1)C2)NCCOc1ccccc1. The van der Waals surface area contributed by atoms with Gasteiger partial charge in [-0.3, -0.25) is 4.79 Å². The van der Waals surface area contributed by atoms with Gasteiger partial charge in [0.15, 0.2) is 0 Å². The highest BCUT2D eigenvalue weighted by Gasteiger charge is 2.51. The van der Waals surface area contributed by atoms with Crippen molar-refractivity contribution in [3.63, 3.8) is 0 Å². The average molecular weight is 386 g/mol. The monoisotopic (exact) mass is 385 g/mol. The van der Waals surface area contributed by atoms with Gasteiger partial charge in [0.2, 0.25) is 5.91 Å². The maximum absolute atomic E-state index is 12.4. The summed E-state index contributed by atoms with van der Waals surface area (Å²) in [6.45, 7) is 1.23. The second-order valence-electron chi connectivity index (χ2n) is 8.84. The topological polar surface area (TPSA) is 79.5 Å². The molecule has 3 amide bonds. The third-order valence-corrected chi connectivity index (χ3v) is 6.49. The van der Waals surface area contributed by atoms with Gasteiger partial charge in [-0.15, -0.1) is 0 Å². The standard InChI is InChI=1S/C22H31N3O3/c26-20(23-8-9-28-19-4-2-1-3-5-19)6-7-24-21(27)25-22-13-16-10-17(14-22)12-18(11-16)15-22/h1-5,16-18H,6-15H2,(H,23,26)(H2,24,25,27). The van der Waals surface area contributed by atoms with Crippen LogP contribution in [-0.2, 0) is 4.79 Å². The molecule has 0 heterocycles. The lowest BCUT2D eigenvalue weighted by molar-refractivity contribution is -0.121. The Hall–Kier alpha value is -2.24. The van der Waals surface area contributed by atoms with Crippen LogP contribution in [0.1, 0.15) is 44.9 Å². The second-order valence-corrected chi connectivity index (χ2v) is 8.84. The van der Waals surface area contributed by atoms with Gasteiger partial charge in [0.05, 0.1) is 6.54 Å². The number of nitrogens with one attached hydrogen (secondary N) is 3. The lowest BCUT2D eigenvalue weighted by Gasteiger charge is -2.56. The van der Waals surface area contributed by atoms with Crippen LogP contribution in [0.4, 0.5) is 4.79 Å². The predicted octanol–water partition coefficient (Wildman–Crippen LogP) is 2.84. The Labute approximate surface area is 166 Å². The molecule has 0 spiro atoms. The summed E-state index contributed by atoms with van der Waals surface area (Å²) in [4.78, 5) is 24.3. The van der Waals surface area contributed by atoms with Crippen molar-refractivity contribution in [3.05, 3.63) is 30.3 Å². The van der Waals surface area contributed by atoms with Crippen LogP contribution in [-0.4, -0.2) is 37.2 Å². The van der Waals surface area contributed by atoms with Crippen molar-refractivity contribution in [2.75, 3.05) is 19.7 Å². The van der Waals surface area contributed by atoms with E-state index in [4.69, 9.17) is 4.74 Å². The van der Waals surface area contributed by atoms with Gasteiger partial charge >= 0.3 is 6.03 Å². The van der Waals surface area contributed by atoms with Crippen molar-refractivity contribution in [1.29, 1.82) is 0 Å². The maximum Gasteiger partial charge on any atom is 0.315 e. The zero-order chi connectivity index (χ0) is 19.4. The summed E-state index contributed by atoms with van der Waals surface area (Å²) in [6, 6.07) is 9.40. The van der Waals surface area contributed by atoms with Crippen LogP contribution < -0.4 is 20.7 Å². The first kappa shape index (κ1) is 19.1. The van der Waals surface area contributed by atoms with Crippen molar-refractivity contribution in [2.24, 2.45) is 17.8 Å². The number of amides is 3. The van der Waals surface area contributed by atoms with Gasteiger partial charge in [0, 0.05) is 18.5 Å². The number of para-hydroxylation sites is 1. The number of hydrogen-bond acceptors (Lipinski definition) is 3. The third kappa shape index (κ3) is 4.78. The van der Waals surface area contributed by atoms with Gasteiger partial charge in [0.25, 0.3) is 0 Å². The highest BCUT2D eigenvalue weighted by molar-refractivity contribution is 5.78. The minimum atomic E-state index is -0.123. The van der Waals surface area contributed by atoms with E-state index in [9.17, 15) is 9.59 Å². The van der Waals surface area contributed by atoms with E-state index in [0.717, 1.165) is 42.8 Å². The molecule has 28 heavy (non-hydrogen) atoms. The summed E-state index contributed by atoms with van der Waals surface area (Å²) in [5.74, 6) is 3.12. The summed E-state index contributed by atoms with van der Waals surface area (Å²) in [5, 5.41) is 8.95. The van der Waals surface area contributed by atoms with Gasteiger partial charge in [-0.05, 0) is 68.4 Å². The number of carbonyl (C=O) groups excluding carboxylic acids is 2. The van der Waals surface area contributed by atoms with Crippen LogP contribution in [0.15, 0.2) is 30.3 Å². The molecule has 0 aliphatic heterocycles. The molecule has 0 atom stereocenters. The number of rotatable bonds is 8. The van der Waals surface area contributed by atoms with E-state index in [1.807, 2.05) is 30.3 Å². The summed E-state index contributed by atoms with van der Waals surface area (Å²) >= 11 is 0. The van der Waals surface area contributed by atoms with Crippen molar-refractivity contribution in [3.8, 4) is 5.75 Å². The van der Waals surface area contributed by atoms with Crippen LogP contribution in [0.5, 0.6) is 5.75 Å². The highest BCUT2D eigenvalue weighted by atomic mass is 16.5. The molecule has 3 N–H and O–H groups in total. The number of carbonyl (C=O) groups is 2. The van der Waals surface area contributed by atoms with E-state index >= 15 is 0 Å². The normalized spacial score (nSPS) is 29.9. The number of urea groups is 1. The summed E-state index contributed by atoms with van der Waals surface area (Å²) in [5.41, 5.74) is 0.00979. The predicted molar refractivity (Wildman–Crippen MR) is 107 cm³/mol. The molecule has 4 saturated carbocycles. The molecule has 152 valence electrons. The number of benzene rings is 1. The van der Waals surface area contributed by atoms with Gasteiger partial charge < -0.3 is 20.7 Å². The minimum Gasteiger partial charge on any atom is -0.492 e. The van der Waals surface area contributed by atoms with Gasteiger partial charge in [0.1, 0.15) is 12.4 Å². The second kappa shape index (κ2) is 8.41. The van der Waals surface area contributed by atoms with Crippen LogP contribution in [0.25, 0.3) is 0 Å². The Morgan fingerprint density at radius 3 is 2.21 bits per heavy atom. The minimum absolute atomic E-state index is 0.00979. The van der Waals surface area contributed by atoms with Gasteiger partial charge in [-0.1, -0.05) is 18.2 Å². The van der Waals surface area contributed by atoms with E-state index in [-0.39, 0.29) is 23.9 Å². The Morgan fingerprint density at radius 2 is 1.57 bits per heavy atom. The van der Waals surface area contributed by atoms with Crippen molar-refractivity contribution in [2.45, 2.75) is 50.5 Å². The smallest absolute Gasteiger partial charge is 0.315 e.